The molecule has 0 bridgehead atoms. The molecule has 1 aromatic rings. The van der Waals surface area contributed by atoms with Crippen molar-refractivity contribution in [1.29, 1.82) is 0 Å². The second-order valence-corrected chi connectivity index (χ2v) is 7.00. The number of fused-ring (bicyclic) bond motifs is 1. The number of nitrogen functional groups attached to an aromatic ring is 1. The molecule has 0 aromatic heterocycles. The fraction of sp³-hybridized carbons (Fsp3) is 0.538. The maximum atomic E-state index is 12.4. The van der Waals surface area contributed by atoms with Crippen LogP contribution in [0.1, 0.15) is 12.8 Å². The molecule has 2 aliphatic rings. The van der Waals surface area contributed by atoms with Crippen molar-refractivity contribution in [1.82, 2.24) is 0 Å². The van der Waals surface area contributed by atoms with Crippen molar-refractivity contribution in [3.8, 4) is 11.5 Å². The van der Waals surface area contributed by atoms with Crippen LogP contribution < -0.4 is 19.9 Å². The number of hydrogen-bond donors (Lipinski definition) is 2. The monoisotopic (exact) mass is 314 g/mol. The van der Waals surface area contributed by atoms with Gasteiger partial charge in [-0.1, -0.05) is 0 Å². The number of benzene rings is 1. The van der Waals surface area contributed by atoms with Gasteiger partial charge in [-0.15, -0.1) is 0 Å². The highest BCUT2D eigenvalue weighted by Crippen LogP contribution is 2.37. The number of nitrogens with one attached hydrogen (secondary N) is 1. The third-order valence-corrected chi connectivity index (χ3v) is 5.43. The Morgan fingerprint density at radius 2 is 1.67 bits per heavy atom. The van der Waals surface area contributed by atoms with Gasteiger partial charge < -0.3 is 19.9 Å². The fourth-order valence-corrected chi connectivity index (χ4v) is 3.88. The van der Waals surface area contributed by atoms with Crippen LogP contribution in [0.4, 0.5) is 11.4 Å². The van der Waals surface area contributed by atoms with Crippen LogP contribution in [-0.4, -0.2) is 40.1 Å². The minimum Gasteiger partial charge on any atom is -0.486 e. The van der Waals surface area contributed by atoms with Gasteiger partial charge in [-0.25, -0.2) is 8.42 Å². The van der Waals surface area contributed by atoms with Gasteiger partial charge in [0.15, 0.2) is 11.5 Å². The van der Waals surface area contributed by atoms with E-state index in [-0.39, 0.29) is 0 Å². The molecule has 0 radical (unpaired) electrons. The van der Waals surface area contributed by atoms with E-state index >= 15 is 0 Å². The third kappa shape index (κ3) is 3.01. The van der Waals surface area contributed by atoms with Crippen LogP contribution in [0.2, 0.25) is 0 Å². The zero-order valence-corrected chi connectivity index (χ0v) is 12.3. The summed E-state index contributed by atoms with van der Waals surface area (Å²) in [4.78, 5) is 0. The summed E-state index contributed by atoms with van der Waals surface area (Å²) < 4.78 is 43.4. The van der Waals surface area contributed by atoms with Gasteiger partial charge in [0.1, 0.15) is 13.2 Å². The molecule has 0 aliphatic carbocycles. The molecular formula is C13H18N2O5S. The van der Waals surface area contributed by atoms with Gasteiger partial charge in [-0.2, -0.15) is 0 Å². The Balaban J connectivity index is 1.83. The van der Waals surface area contributed by atoms with E-state index in [0.717, 1.165) is 0 Å². The first-order valence-corrected chi connectivity index (χ1v) is 8.39. The SMILES string of the molecule is Nc1cc2c(cc1NS(=O)(=O)C1CCOCC1)OCCO2. The van der Waals surface area contributed by atoms with Crippen molar-refractivity contribution in [3.05, 3.63) is 12.1 Å². The summed E-state index contributed by atoms with van der Waals surface area (Å²) in [5, 5.41) is -0.459. The molecule has 7 nitrogen and oxygen atoms in total. The number of hydrogen-bond acceptors (Lipinski definition) is 6. The van der Waals surface area contributed by atoms with Crippen molar-refractivity contribution in [3.63, 3.8) is 0 Å². The molecule has 8 heteroatoms. The third-order valence-electron chi connectivity index (χ3n) is 3.57. The van der Waals surface area contributed by atoms with Crippen molar-refractivity contribution in [2.24, 2.45) is 0 Å². The van der Waals surface area contributed by atoms with Crippen LogP contribution in [0.25, 0.3) is 0 Å². The van der Waals surface area contributed by atoms with Gasteiger partial charge in [-0.3, -0.25) is 4.72 Å². The normalized spacial score (nSPS) is 19.2. The number of nitrogens with two attached hydrogens (primary N) is 1. The molecule has 0 amide bonds. The number of rotatable bonds is 3. The predicted molar refractivity (Wildman–Crippen MR) is 78.2 cm³/mol. The summed E-state index contributed by atoms with van der Waals surface area (Å²) in [5.74, 6) is 1.04. The van der Waals surface area contributed by atoms with E-state index in [4.69, 9.17) is 19.9 Å². The van der Waals surface area contributed by atoms with E-state index in [1.165, 1.54) is 0 Å². The standard InChI is InChI=1S/C13H18N2O5S/c14-10-7-12-13(20-6-5-19-12)8-11(10)15-21(16,17)9-1-3-18-4-2-9/h7-9,15H,1-6,14H2. The van der Waals surface area contributed by atoms with E-state index in [1.54, 1.807) is 12.1 Å². The first-order valence-electron chi connectivity index (χ1n) is 6.85. The molecule has 1 fully saturated rings. The predicted octanol–water partition coefficient (Wildman–Crippen LogP) is 0.961. The lowest BCUT2D eigenvalue weighted by atomic mass is 10.2. The molecule has 3 rings (SSSR count). The Morgan fingerprint density at radius 1 is 1.05 bits per heavy atom. The van der Waals surface area contributed by atoms with Crippen molar-refractivity contribution in [2.75, 3.05) is 36.9 Å². The van der Waals surface area contributed by atoms with Gasteiger partial charge in [-0.05, 0) is 12.8 Å². The van der Waals surface area contributed by atoms with Gasteiger partial charge in [0.05, 0.1) is 16.6 Å². The maximum Gasteiger partial charge on any atom is 0.235 e. The minimum atomic E-state index is -3.49. The first-order chi connectivity index (χ1) is 10.1. The van der Waals surface area contributed by atoms with E-state index in [0.29, 0.717) is 62.1 Å². The minimum absolute atomic E-state index is 0.315. The average Bonchev–Trinajstić information content (AvgIpc) is 2.49. The largest absolute Gasteiger partial charge is 0.486 e. The molecule has 0 unspecified atom stereocenters. The summed E-state index contributed by atoms with van der Waals surface area (Å²) in [7, 11) is -3.49. The Kier molecular flexibility index (Phi) is 3.81. The second-order valence-electron chi connectivity index (χ2n) is 5.04. The Hall–Kier alpha value is -1.67. The van der Waals surface area contributed by atoms with Crippen molar-refractivity contribution >= 4 is 21.4 Å². The van der Waals surface area contributed by atoms with Crippen LogP contribution in [-0.2, 0) is 14.8 Å². The lowest BCUT2D eigenvalue weighted by Gasteiger charge is -2.24. The van der Waals surface area contributed by atoms with Crippen molar-refractivity contribution < 1.29 is 22.6 Å². The maximum absolute atomic E-state index is 12.4. The van der Waals surface area contributed by atoms with Crippen LogP contribution in [0.15, 0.2) is 12.1 Å². The molecule has 21 heavy (non-hydrogen) atoms. The number of anilines is 2. The zero-order chi connectivity index (χ0) is 14.9. The molecule has 1 aromatic carbocycles. The first kappa shape index (κ1) is 14.3. The number of sulfonamides is 1. The molecular weight excluding hydrogens is 296 g/mol. The smallest absolute Gasteiger partial charge is 0.235 e. The average molecular weight is 314 g/mol. The van der Waals surface area contributed by atoms with E-state index in [9.17, 15) is 8.42 Å². The summed E-state index contributed by atoms with van der Waals surface area (Å²) in [6.45, 7) is 1.81. The molecule has 3 N–H and O–H groups in total. The molecule has 0 spiro atoms. The van der Waals surface area contributed by atoms with Gasteiger partial charge >= 0.3 is 0 Å². The summed E-state index contributed by atoms with van der Waals surface area (Å²) in [6.07, 6.45) is 0.972. The van der Waals surface area contributed by atoms with Crippen LogP contribution in [0.3, 0.4) is 0 Å². The Bertz CT molecular complexity index is 626. The molecule has 0 atom stereocenters. The lowest BCUT2D eigenvalue weighted by molar-refractivity contribution is 0.0984. The summed E-state index contributed by atoms with van der Waals surface area (Å²) in [6, 6.07) is 3.15. The second kappa shape index (κ2) is 5.61. The zero-order valence-electron chi connectivity index (χ0n) is 11.5. The topological polar surface area (TPSA) is 99.9 Å². The molecule has 1 saturated heterocycles. The summed E-state index contributed by atoms with van der Waals surface area (Å²) in [5.41, 5.74) is 6.53. The van der Waals surface area contributed by atoms with Crippen LogP contribution >= 0.6 is 0 Å². The van der Waals surface area contributed by atoms with Gasteiger partial charge in [0, 0.05) is 25.3 Å². The quantitative estimate of drug-likeness (QED) is 0.806. The van der Waals surface area contributed by atoms with Crippen molar-refractivity contribution in [2.45, 2.75) is 18.1 Å². The highest BCUT2D eigenvalue weighted by atomic mass is 32.2. The molecule has 2 aliphatic heterocycles. The molecule has 0 saturated carbocycles. The van der Waals surface area contributed by atoms with Gasteiger partial charge in [0.2, 0.25) is 10.0 Å². The van der Waals surface area contributed by atoms with E-state index in [2.05, 4.69) is 4.72 Å². The highest BCUT2D eigenvalue weighted by Gasteiger charge is 2.28. The fourth-order valence-electron chi connectivity index (χ4n) is 2.42. The van der Waals surface area contributed by atoms with Gasteiger partial charge in [0.25, 0.3) is 0 Å². The summed E-state index contributed by atoms with van der Waals surface area (Å²) >= 11 is 0. The molecule has 116 valence electrons. The molecule has 2 heterocycles. The van der Waals surface area contributed by atoms with E-state index < -0.39 is 15.3 Å². The number of ether oxygens (including phenoxy) is 3. The van der Waals surface area contributed by atoms with E-state index in [1.807, 2.05) is 0 Å². The van der Waals surface area contributed by atoms with Crippen LogP contribution in [0, 0.1) is 0 Å². The lowest BCUT2D eigenvalue weighted by Crippen LogP contribution is -2.33. The highest BCUT2D eigenvalue weighted by molar-refractivity contribution is 7.93. The Morgan fingerprint density at radius 3 is 2.33 bits per heavy atom. The van der Waals surface area contributed by atoms with Crippen LogP contribution in [0.5, 0.6) is 11.5 Å². The Labute approximate surface area is 123 Å².